The molecule has 0 unspecified atom stereocenters. The van der Waals surface area contributed by atoms with Crippen molar-refractivity contribution >= 4 is 5.97 Å². The number of ether oxygens (including phenoxy) is 1. The van der Waals surface area contributed by atoms with Gasteiger partial charge in [0, 0.05) is 5.41 Å². The Labute approximate surface area is 145 Å². The third kappa shape index (κ3) is 2.03. The zero-order chi connectivity index (χ0) is 17.1. The number of fused-ring (bicyclic) bond motifs is 3. The molecule has 7 atom stereocenters. The maximum atomic E-state index is 12.4. The van der Waals surface area contributed by atoms with Crippen molar-refractivity contribution in [3.63, 3.8) is 0 Å². The highest BCUT2D eigenvalue weighted by Crippen LogP contribution is 2.71. The Morgan fingerprint density at radius 1 is 1.29 bits per heavy atom. The predicted molar refractivity (Wildman–Crippen MR) is 93.2 cm³/mol. The van der Waals surface area contributed by atoms with Crippen molar-refractivity contribution in [2.75, 3.05) is 7.11 Å². The fourth-order valence-electron chi connectivity index (χ4n) is 7.66. The van der Waals surface area contributed by atoms with Crippen molar-refractivity contribution < 1.29 is 14.6 Å². The van der Waals surface area contributed by atoms with Crippen LogP contribution in [0.25, 0.3) is 0 Å². The van der Waals surface area contributed by atoms with Crippen LogP contribution in [-0.4, -0.2) is 24.3 Å². The minimum Gasteiger partial charge on any atom is -0.469 e. The van der Waals surface area contributed by atoms with Gasteiger partial charge in [0.2, 0.25) is 0 Å². The van der Waals surface area contributed by atoms with E-state index in [-0.39, 0.29) is 22.9 Å². The Balaban J connectivity index is 1.78. The van der Waals surface area contributed by atoms with Gasteiger partial charge in [0.25, 0.3) is 0 Å². The number of carbonyl (C=O) groups excluding carboxylic acids is 1. The normalized spacial score (nSPS) is 50.1. The van der Waals surface area contributed by atoms with Gasteiger partial charge in [-0.15, -0.1) is 0 Å². The van der Waals surface area contributed by atoms with Crippen molar-refractivity contribution in [1.29, 1.82) is 0 Å². The first-order valence-corrected chi connectivity index (χ1v) is 9.88. The molecule has 0 aliphatic heterocycles. The van der Waals surface area contributed by atoms with E-state index in [1.165, 1.54) is 20.0 Å². The predicted octanol–water partition coefficient (Wildman–Crippen LogP) is 4.10. The first-order chi connectivity index (χ1) is 11.4. The number of aliphatic hydroxyl groups is 1. The summed E-state index contributed by atoms with van der Waals surface area (Å²) >= 11 is 0. The topological polar surface area (TPSA) is 46.5 Å². The number of hydrogen-bond acceptors (Lipinski definition) is 3. The monoisotopic (exact) mass is 332 g/mol. The molecule has 4 aliphatic carbocycles. The molecule has 2 bridgehead atoms. The lowest BCUT2D eigenvalue weighted by molar-refractivity contribution is -0.176. The second-order valence-electron chi connectivity index (χ2n) is 9.24. The molecule has 4 aliphatic rings. The maximum absolute atomic E-state index is 12.4. The van der Waals surface area contributed by atoms with E-state index in [0.29, 0.717) is 30.1 Å². The van der Waals surface area contributed by atoms with Crippen LogP contribution in [0, 0.1) is 34.5 Å². The van der Waals surface area contributed by atoms with Crippen LogP contribution in [0.2, 0.25) is 0 Å². The van der Waals surface area contributed by atoms with Crippen LogP contribution in [0.5, 0.6) is 0 Å². The summed E-state index contributed by atoms with van der Waals surface area (Å²) in [6.45, 7) is 6.62. The van der Waals surface area contributed by atoms with Crippen molar-refractivity contribution in [2.24, 2.45) is 34.5 Å². The number of hydrogen-bond donors (Lipinski definition) is 1. The van der Waals surface area contributed by atoms with Crippen molar-refractivity contribution in [3.05, 3.63) is 12.2 Å². The quantitative estimate of drug-likeness (QED) is 0.612. The molecule has 0 saturated heterocycles. The van der Waals surface area contributed by atoms with Crippen LogP contribution in [-0.2, 0) is 9.53 Å². The number of aliphatic hydroxyl groups excluding tert-OH is 1. The molecule has 24 heavy (non-hydrogen) atoms. The van der Waals surface area contributed by atoms with Crippen molar-refractivity contribution in [2.45, 2.75) is 70.8 Å². The van der Waals surface area contributed by atoms with Crippen molar-refractivity contribution in [3.8, 4) is 0 Å². The van der Waals surface area contributed by atoms with Gasteiger partial charge in [-0.1, -0.05) is 26.3 Å². The molecule has 134 valence electrons. The third-order valence-electron chi connectivity index (χ3n) is 8.59. The Morgan fingerprint density at radius 3 is 2.83 bits per heavy atom. The largest absolute Gasteiger partial charge is 0.469 e. The molecule has 0 amide bonds. The molecule has 3 nitrogen and oxygen atoms in total. The van der Waals surface area contributed by atoms with Gasteiger partial charge in [-0.25, -0.2) is 0 Å². The summed E-state index contributed by atoms with van der Waals surface area (Å²) in [6.07, 6.45) is 9.49. The number of methoxy groups -OCH3 is 1. The van der Waals surface area contributed by atoms with Gasteiger partial charge in [-0.3, -0.25) is 4.79 Å². The molecule has 3 heteroatoms. The molecule has 0 heterocycles. The van der Waals surface area contributed by atoms with E-state index >= 15 is 0 Å². The highest BCUT2D eigenvalue weighted by atomic mass is 16.5. The number of rotatable bonds is 2. The molecule has 1 spiro atoms. The summed E-state index contributed by atoms with van der Waals surface area (Å²) in [7, 11) is 1.52. The van der Waals surface area contributed by atoms with E-state index < -0.39 is 0 Å². The smallest absolute Gasteiger partial charge is 0.306 e. The second kappa shape index (κ2) is 5.59. The SMILES string of the molecule is C=C1[C@@H]2CC[C@H]3[C@]4(CC(=O)OC)CCC[C@H](C)[C@H]4CC[C@]3(C2)[C@H]1O. The molecule has 4 rings (SSSR count). The lowest BCUT2D eigenvalue weighted by atomic mass is 9.42. The molecular formula is C21H32O3. The van der Waals surface area contributed by atoms with Gasteiger partial charge in [-0.2, -0.15) is 0 Å². The Hall–Kier alpha value is -0.830. The van der Waals surface area contributed by atoms with Gasteiger partial charge >= 0.3 is 5.97 Å². The molecule has 1 N–H and O–H groups in total. The molecular weight excluding hydrogens is 300 g/mol. The van der Waals surface area contributed by atoms with Crippen LogP contribution in [0.4, 0.5) is 0 Å². The van der Waals surface area contributed by atoms with E-state index in [1.54, 1.807) is 0 Å². The second-order valence-corrected chi connectivity index (χ2v) is 9.24. The molecule has 4 fully saturated rings. The minimum atomic E-state index is -0.359. The van der Waals surface area contributed by atoms with E-state index in [0.717, 1.165) is 44.1 Å². The third-order valence-corrected chi connectivity index (χ3v) is 8.59. The zero-order valence-corrected chi connectivity index (χ0v) is 15.2. The van der Waals surface area contributed by atoms with E-state index in [4.69, 9.17) is 4.74 Å². The molecule has 0 aromatic rings. The van der Waals surface area contributed by atoms with Gasteiger partial charge in [0.1, 0.15) is 0 Å². The number of carbonyl (C=O) groups is 1. The van der Waals surface area contributed by atoms with Gasteiger partial charge < -0.3 is 9.84 Å². The Kier molecular flexibility index (Phi) is 3.87. The average Bonchev–Trinajstić information content (AvgIpc) is 2.75. The van der Waals surface area contributed by atoms with E-state index in [2.05, 4.69) is 13.5 Å². The average molecular weight is 332 g/mol. The highest BCUT2D eigenvalue weighted by molar-refractivity contribution is 5.70. The summed E-state index contributed by atoms with van der Waals surface area (Å²) in [5, 5.41) is 11.1. The van der Waals surface area contributed by atoms with Crippen LogP contribution in [0.1, 0.15) is 64.7 Å². The van der Waals surface area contributed by atoms with E-state index in [1.807, 2.05) is 0 Å². The first-order valence-electron chi connectivity index (χ1n) is 9.88. The summed E-state index contributed by atoms with van der Waals surface area (Å²) in [6, 6.07) is 0. The standard InChI is InChI=1S/C21H32O3/c1-13-5-4-9-20(12-18(22)24-3)16(13)8-10-21-11-15(6-7-17(20)21)14(2)19(21)23/h13,15-17,19,23H,2,4-12H2,1,3H3/t13-,15+,16+,17-,19-,20-,21+/m0/s1. The molecule has 0 aromatic carbocycles. The molecule has 0 aromatic heterocycles. The fourth-order valence-corrected chi connectivity index (χ4v) is 7.66. The summed E-state index contributed by atoms with van der Waals surface area (Å²) in [5.41, 5.74) is 1.11. The van der Waals surface area contributed by atoms with E-state index in [9.17, 15) is 9.90 Å². The maximum Gasteiger partial charge on any atom is 0.306 e. The first kappa shape index (κ1) is 16.6. The van der Waals surface area contributed by atoms with Crippen molar-refractivity contribution in [1.82, 2.24) is 0 Å². The minimum absolute atomic E-state index is 0.0123. The molecule has 0 radical (unpaired) electrons. The van der Waals surface area contributed by atoms with Crippen LogP contribution in [0.3, 0.4) is 0 Å². The zero-order valence-electron chi connectivity index (χ0n) is 15.2. The Bertz CT molecular complexity index is 555. The van der Waals surface area contributed by atoms with Gasteiger partial charge in [0.15, 0.2) is 0 Å². The van der Waals surface area contributed by atoms with Crippen LogP contribution < -0.4 is 0 Å². The lowest BCUT2D eigenvalue weighted by Crippen LogP contribution is -2.58. The summed E-state index contributed by atoms with van der Waals surface area (Å²) < 4.78 is 5.12. The summed E-state index contributed by atoms with van der Waals surface area (Å²) in [5.74, 6) is 2.19. The summed E-state index contributed by atoms with van der Waals surface area (Å²) in [4.78, 5) is 12.4. The van der Waals surface area contributed by atoms with Crippen LogP contribution in [0.15, 0.2) is 12.2 Å². The fraction of sp³-hybridized carbons (Fsp3) is 0.857. The lowest BCUT2D eigenvalue weighted by Gasteiger charge is -2.62. The van der Waals surface area contributed by atoms with Crippen LogP contribution >= 0.6 is 0 Å². The molecule has 4 saturated carbocycles. The number of esters is 1. The highest BCUT2D eigenvalue weighted by Gasteiger charge is 2.66. The van der Waals surface area contributed by atoms with Gasteiger partial charge in [0.05, 0.1) is 19.6 Å². The van der Waals surface area contributed by atoms with Gasteiger partial charge in [-0.05, 0) is 73.2 Å². The Morgan fingerprint density at radius 2 is 2.08 bits per heavy atom.